The van der Waals surface area contributed by atoms with Gasteiger partial charge in [-0.15, -0.1) is 0 Å². The van der Waals surface area contributed by atoms with Gasteiger partial charge in [0, 0.05) is 35.8 Å². The zero-order chi connectivity index (χ0) is 13.7. The SMILES string of the molecule is CCNCC1(c2cc(Cl)ccc2OC)CCOCC1. The average molecular weight is 284 g/mol. The van der Waals surface area contributed by atoms with Gasteiger partial charge in [-0.1, -0.05) is 18.5 Å². The van der Waals surface area contributed by atoms with E-state index in [0.717, 1.165) is 49.9 Å². The largest absolute Gasteiger partial charge is 0.496 e. The minimum Gasteiger partial charge on any atom is -0.496 e. The van der Waals surface area contributed by atoms with E-state index >= 15 is 0 Å². The summed E-state index contributed by atoms with van der Waals surface area (Å²) in [5.74, 6) is 0.921. The van der Waals surface area contributed by atoms with Gasteiger partial charge in [0.15, 0.2) is 0 Å². The van der Waals surface area contributed by atoms with Crippen molar-refractivity contribution in [2.24, 2.45) is 0 Å². The molecule has 0 atom stereocenters. The molecule has 1 heterocycles. The molecule has 4 heteroatoms. The van der Waals surface area contributed by atoms with E-state index in [1.807, 2.05) is 18.2 Å². The van der Waals surface area contributed by atoms with Crippen LogP contribution >= 0.6 is 11.6 Å². The van der Waals surface area contributed by atoms with Crippen LogP contribution in [0.1, 0.15) is 25.3 Å². The fourth-order valence-electron chi connectivity index (χ4n) is 2.76. The zero-order valence-corrected chi connectivity index (χ0v) is 12.4. The number of ether oxygens (including phenoxy) is 2. The second kappa shape index (κ2) is 6.60. The Morgan fingerprint density at radius 2 is 2.11 bits per heavy atom. The van der Waals surface area contributed by atoms with Gasteiger partial charge in [0.05, 0.1) is 7.11 Å². The van der Waals surface area contributed by atoms with E-state index in [2.05, 4.69) is 12.2 Å². The third-order valence-corrected chi connectivity index (χ3v) is 4.13. The summed E-state index contributed by atoms with van der Waals surface area (Å²) in [6.07, 6.45) is 1.99. The molecule has 0 aromatic heterocycles. The number of nitrogens with one attached hydrogen (secondary N) is 1. The van der Waals surface area contributed by atoms with E-state index in [1.165, 1.54) is 5.56 Å². The third-order valence-electron chi connectivity index (χ3n) is 3.90. The molecule has 0 amide bonds. The summed E-state index contributed by atoms with van der Waals surface area (Å²) in [7, 11) is 1.72. The molecule has 1 N–H and O–H groups in total. The molecule has 0 bridgehead atoms. The molecule has 1 aromatic carbocycles. The van der Waals surface area contributed by atoms with Crippen LogP contribution in [0, 0.1) is 0 Å². The Bertz CT molecular complexity index is 417. The van der Waals surface area contributed by atoms with Crippen LogP contribution in [0.5, 0.6) is 5.75 Å². The Morgan fingerprint density at radius 3 is 2.74 bits per heavy atom. The summed E-state index contributed by atoms with van der Waals surface area (Å²) in [4.78, 5) is 0. The maximum absolute atomic E-state index is 6.18. The van der Waals surface area contributed by atoms with Gasteiger partial charge in [-0.2, -0.15) is 0 Å². The lowest BCUT2D eigenvalue weighted by molar-refractivity contribution is 0.0492. The number of methoxy groups -OCH3 is 1. The van der Waals surface area contributed by atoms with E-state index < -0.39 is 0 Å². The lowest BCUT2D eigenvalue weighted by atomic mass is 9.73. The Morgan fingerprint density at radius 1 is 1.37 bits per heavy atom. The Kier molecular flexibility index (Phi) is 5.08. The summed E-state index contributed by atoms with van der Waals surface area (Å²) in [5, 5.41) is 4.24. The highest BCUT2D eigenvalue weighted by atomic mass is 35.5. The van der Waals surface area contributed by atoms with Crippen molar-refractivity contribution in [3.8, 4) is 5.75 Å². The van der Waals surface area contributed by atoms with Crippen LogP contribution in [0.25, 0.3) is 0 Å². The number of rotatable bonds is 5. The van der Waals surface area contributed by atoms with Crippen LogP contribution in [-0.2, 0) is 10.2 Å². The molecule has 0 radical (unpaired) electrons. The van der Waals surface area contributed by atoms with Crippen LogP contribution < -0.4 is 10.1 Å². The van der Waals surface area contributed by atoms with Crippen LogP contribution in [0.15, 0.2) is 18.2 Å². The van der Waals surface area contributed by atoms with Crippen molar-refractivity contribution >= 4 is 11.6 Å². The average Bonchev–Trinajstić information content (AvgIpc) is 2.46. The Hall–Kier alpha value is -0.770. The zero-order valence-electron chi connectivity index (χ0n) is 11.7. The molecule has 1 aliphatic rings. The monoisotopic (exact) mass is 283 g/mol. The molecule has 0 aliphatic carbocycles. The smallest absolute Gasteiger partial charge is 0.122 e. The molecule has 2 rings (SSSR count). The van der Waals surface area contributed by atoms with Crippen LogP contribution in [0.4, 0.5) is 0 Å². The fraction of sp³-hybridized carbons (Fsp3) is 0.600. The normalized spacial score (nSPS) is 18.3. The van der Waals surface area contributed by atoms with Crippen molar-refractivity contribution < 1.29 is 9.47 Å². The first-order valence-corrected chi connectivity index (χ1v) is 7.22. The van der Waals surface area contributed by atoms with Gasteiger partial charge in [0.2, 0.25) is 0 Å². The first-order chi connectivity index (χ1) is 9.22. The molecule has 106 valence electrons. The highest BCUT2D eigenvalue weighted by molar-refractivity contribution is 6.30. The van der Waals surface area contributed by atoms with Gasteiger partial charge in [-0.05, 0) is 37.6 Å². The highest BCUT2D eigenvalue weighted by Gasteiger charge is 2.36. The number of likely N-dealkylation sites (N-methyl/N-ethyl adjacent to an activating group) is 1. The topological polar surface area (TPSA) is 30.5 Å². The summed E-state index contributed by atoms with van der Waals surface area (Å²) in [6.45, 7) is 5.61. The van der Waals surface area contributed by atoms with Crippen LogP contribution in [-0.4, -0.2) is 33.4 Å². The van der Waals surface area contributed by atoms with Crippen molar-refractivity contribution in [3.63, 3.8) is 0 Å². The van der Waals surface area contributed by atoms with Gasteiger partial charge in [0.25, 0.3) is 0 Å². The molecule has 3 nitrogen and oxygen atoms in total. The van der Waals surface area contributed by atoms with Crippen molar-refractivity contribution in [1.82, 2.24) is 5.32 Å². The Labute approximate surface area is 120 Å². The van der Waals surface area contributed by atoms with E-state index in [1.54, 1.807) is 7.11 Å². The van der Waals surface area contributed by atoms with Crippen LogP contribution in [0.3, 0.4) is 0 Å². The molecule has 1 fully saturated rings. The number of benzene rings is 1. The van der Waals surface area contributed by atoms with Crippen molar-refractivity contribution in [2.45, 2.75) is 25.2 Å². The first-order valence-electron chi connectivity index (χ1n) is 6.84. The molecule has 1 saturated heterocycles. The van der Waals surface area contributed by atoms with Crippen molar-refractivity contribution in [3.05, 3.63) is 28.8 Å². The molecule has 1 aromatic rings. The summed E-state index contributed by atoms with van der Waals surface area (Å²) < 4.78 is 11.1. The fourth-order valence-corrected chi connectivity index (χ4v) is 2.93. The molecule has 19 heavy (non-hydrogen) atoms. The predicted molar refractivity (Wildman–Crippen MR) is 78.3 cm³/mol. The molecule has 0 unspecified atom stereocenters. The van der Waals surface area contributed by atoms with Gasteiger partial charge in [0.1, 0.15) is 5.75 Å². The molecular formula is C15H22ClNO2. The number of hydrogen-bond donors (Lipinski definition) is 1. The summed E-state index contributed by atoms with van der Waals surface area (Å²) >= 11 is 6.18. The van der Waals surface area contributed by atoms with Crippen molar-refractivity contribution in [2.75, 3.05) is 33.4 Å². The van der Waals surface area contributed by atoms with Gasteiger partial charge >= 0.3 is 0 Å². The maximum Gasteiger partial charge on any atom is 0.122 e. The standard InChI is InChI=1S/C15H22ClNO2/c1-3-17-11-15(6-8-19-9-7-15)13-10-12(16)4-5-14(13)18-2/h4-5,10,17H,3,6-9,11H2,1-2H3. The lowest BCUT2D eigenvalue weighted by Gasteiger charge is -2.38. The lowest BCUT2D eigenvalue weighted by Crippen LogP contribution is -2.43. The second-order valence-corrected chi connectivity index (χ2v) is 5.45. The molecule has 0 spiro atoms. The molecular weight excluding hydrogens is 262 g/mol. The summed E-state index contributed by atoms with van der Waals surface area (Å²) in [5.41, 5.74) is 1.26. The molecule has 0 saturated carbocycles. The second-order valence-electron chi connectivity index (χ2n) is 5.02. The number of halogens is 1. The van der Waals surface area contributed by atoms with Gasteiger partial charge in [-0.25, -0.2) is 0 Å². The third kappa shape index (κ3) is 3.22. The van der Waals surface area contributed by atoms with E-state index in [0.29, 0.717) is 0 Å². The minimum absolute atomic E-state index is 0.0600. The van der Waals surface area contributed by atoms with Gasteiger partial charge in [-0.3, -0.25) is 0 Å². The van der Waals surface area contributed by atoms with Crippen molar-refractivity contribution in [1.29, 1.82) is 0 Å². The quantitative estimate of drug-likeness (QED) is 0.901. The summed E-state index contributed by atoms with van der Waals surface area (Å²) in [6, 6.07) is 5.88. The molecule has 1 aliphatic heterocycles. The first kappa shape index (κ1) is 14.6. The van der Waals surface area contributed by atoms with E-state index in [9.17, 15) is 0 Å². The Balaban J connectivity index is 2.38. The number of hydrogen-bond acceptors (Lipinski definition) is 3. The highest BCUT2D eigenvalue weighted by Crippen LogP contribution is 2.40. The maximum atomic E-state index is 6.18. The van der Waals surface area contributed by atoms with Crippen LogP contribution in [0.2, 0.25) is 5.02 Å². The van der Waals surface area contributed by atoms with E-state index in [4.69, 9.17) is 21.1 Å². The predicted octanol–water partition coefficient (Wildman–Crippen LogP) is 3.01. The minimum atomic E-state index is 0.0600. The van der Waals surface area contributed by atoms with Gasteiger partial charge < -0.3 is 14.8 Å². The van der Waals surface area contributed by atoms with E-state index in [-0.39, 0.29) is 5.41 Å².